The quantitative estimate of drug-likeness (QED) is 0.0732. The highest BCUT2D eigenvalue weighted by molar-refractivity contribution is 6.34. The molecule has 7 rings (SSSR count). The maximum atomic E-state index is 16.4. The van der Waals surface area contributed by atoms with E-state index in [1.54, 1.807) is 30.1 Å². The highest BCUT2D eigenvalue weighted by atomic mass is 35.5. The van der Waals surface area contributed by atoms with E-state index >= 15 is 4.39 Å². The predicted molar refractivity (Wildman–Crippen MR) is 234 cm³/mol. The van der Waals surface area contributed by atoms with E-state index in [0.717, 1.165) is 11.0 Å². The number of rotatable bonds is 18. The first-order valence-corrected chi connectivity index (χ1v) is 21.5. The van der Waals surface area contributed by atoms with Crippen molar-refractivity contribution in [2.24, 2.45) is 0 Å². The van der Waals surface area contributed by atoms with Crippen molar-refractivity contribution in [1.82, 2.24) is 30.0 Å². The number of fused-ring (bicyclic) bond motifs is 2. The number of anilines is 2. The number of phenols is 1. The largest absolute Gasteiger partial charge is 0.507 e. The topological polar surface area (TPSA) is 204 Å². The van der Waals surface area contributed by atoms with Crippen LogP contribution < -0.4 is 15.5 Å². The Morgan fingerprint density at radius 3 is 2.45 bits per heavy atom. The molecule has 0 spiro atoms. The molecular formula is C45H47ClF2N8O9. The van der Waals surface area contributed by atoms with Gasteiger partial charge in [0.05, 0.1) is 41.5 Å². The second kappa shape index (κ2) is 20.5. The molecule has 20 heteroatoms. The number of piperazine rings is 1. The number of piperidine rings is 1. The number of hydrogen-bond acceptors (Lipinski definition) is 13. The number of likely N-dealkylation sites (N-methyl/N-ethyl adjacent to an activating group) is 1. The van der Waals surface area contributed by atoms with Crippen molar-refractivity contribution in [1.29, 1.82) is 0 Å². The molecule has 2 saturated heterocycles. The van der Waals surface area contributed by atoms with Crippen LogP contribution in [-0.4, -0.2) is 144 Å². The lowest BCUT2D eigenvalue weighted by atomic mass is 9.99. The lowest BCUT2D eigenvalue weighted by molar-refractivity contribution is -0.136. The van der Waals surface area contributed by atoms with E-state index in [2.05, 4.69) is 27.2 Å². The number of amides is 6. The Hall–Kier alpha value is -6.57. The van der Waals surface area contributed by atoms with Crippen molar-refractivity contribution in [2.75, 3.05) is 83.0 Å². The second-order valence-electron chi connectivity index (χ2n) is 15.6. The molecule has 4 aromatic rings. The van der Waals surface area contributed by atoms with Crippen LogP contribution >= 0.6 is 11.6 Å². The van der Waals surface area contributed by atoms with Gasteiger partial charge >= 0.3 is 0 Å². The summed E-state index contributed by atoms with van der Waals surface area (Å²) in [7, 11) is 1.63. The Bertz CT molecular complexity index is 2530. The molecular weight excluding hydrogens is 870 g/mol. The number of carbonyl (C=O) groups is 6. The van der Waals surface area contributed by atoms with Gasteiger partial charge < -0.3 is 34.6 Å². The SMILES string of the molecule is C=CC(=O)N1CCN(c2nc(NCCC(=O)N(C)CCOCCOCCCc3cccc4c3C(=O)N(C3CCC(=O)NC3=O)C4=O)nc3c(F)c(-c4c(O)cccc4F)c(Cl)cc23)CC1. The van der Waals surface area contributed by atoms with Crippen molar-refractivity contribution < 1.29 is 52.1 Å². The van der Waals surface area contributed by atoms with Crippen molar-refractivity contribution in [3.63, 3.8) is 0 Å². The molecule has 1 atom stereocenters. The molecule has 1 aromatic heterocycles. The van der Waals surface area contributed by atoms with E-state index in [1.807, 2.05) is 4.90 Å². The zero-order valence-electron chi connectivity index (χ0n) is 35.5. The van der Waals surface area contributed by atoms with Crippen molar-refractivity contribution >= 4 is 69.7 Å². The number of halogens is 3. The van der Waals surface area contributed by atoms with Crippen LogP contribution in [0, 0.1) is 11.6 Å². The first-order chi connectivity index (χ1) is 31.3. The average Bonchev–Trinajstić information content (AvgIpc) is 3.55. The maximum absolute atomic E-state index is 16.4. The van der Waals surface area contributed by atoms with Crippen LogP contribution in [0.25, 0.3) is 22.0 Å². The van der Waals surface area contributed by atoms with Crippen LogP contribution in [0.3, 0.4) is 0 Å². The van der Waals surface area contributed by atoms with Gasteiger partial charge in [0.2, 0.25) is 29.6 Å². The molecule has 6 amide bonds. The molecule has 0 saturated carbocycles. The number of ether oxygens (including phenoxy) is 2. The Labute approximate surface area is 377 Å². The summed E-state index contributed by atoms with van der Waals surface area (Å²) in [6.45, 7) is 6.42. The van der Waals surface area contributed by atoms with Crippen LogP contribution in [0.1, 0.15) is 52.0 Å². The molecule has 3 aromatic carbocycles. The molecule has 0 radical (unpaired) electrons. The van der Waals surface area contributed by atoms with Crippen LogP contribution in [0.2, 0.25) is 5.02 Å². The standard InChI is InChI=1S/C45H47ClF2N8O9/c1-3-34(59)54-16-18-55(19-17-54)41-28-25-29(46)37(38-30(47)10-5-11-32(38)57)39(48)40(28)51-45(52-41)49-15-14-35(60)53(2)20-22-65-24-23-64-21-6-8-26-7-4-9-27-36(26)44(63)56(43(27)62)31-12-13-33(58)50-42(31)61/h3-5,7,9-11,25,31,57H,1,6,8,12-24H2,2H3,(H,49,51,52)(H,50,58,61). The third-order valence-electron chi connectivity index (χ3n) is 11.4. The fraction of sp³-hybridized carbons (Fsp3) is 0.378. The van der Waals surface area contributed by atoms with E-state index in [4.69, 9.17) is 21.1 Å². The number of nitrogens with one attached hydrogen (secondary N) is 2. The third-order valence-corrected chi connectivity index (χ3v) is 11.7. The van der Waals surface area contributed by atoms with Crippen LogP contribution in [-0.2, 0) is 35.1 Å². The minimum absolute atomic E-state index is 0.00601. The summed E-state index contributed by atoms with van der Waals surface area (Å²) in [6, 6.07) is 8.97. The molecule has 65 heavy (non-hydrogen) atoms. The summed E-state index contributed by atoms with van der Waals surface area (Å²) in [5, 5.41) is 15.7. The number of hydrogen-bond donors (Lipinski definition) is 3. The van der Waals surface area contributed by atoms with Gasteiger partial charge in [-0.3, -0.25) is 39.0 Å². The summed E-state index contributed by atoms with van der Waals surface area (Å²) in [4.78, 5) is 90.7. The summed E-state index contributed by atoms with van der Waals surface area (Å²) >= 11 is 6.56. The van der Waals surface area contributed by atoms with E-state index in [1.165, 1.54) is 29.2 Å². The van der Waals surface area contributed by atoms with Gasteiger partial charge in [0.15, 0.2) is 5.82 Å². The zero-order chi connectivity index (χ0) is 46.4. The smallest absolute Gasteiger partial charge is 0.262 e. The molecule has 4 heterocycles. The molecule has 3 aliphatic heterocycles. The van der Waals surface area contributed by atoms with E-state index in [0.29, 0.717) is 57.0 Å². The fourth-order valence-electron chi connectivity index (χ4n) is 8.04. The van der Waals surface area contributed by atoms with E-state index in [9.17, 15) is 38.3 Å². The lowest BCUT2D eigenvalue weighted by Crippen LogP contribution is -2.54. The number of imide groups is 2. The first-order valence-electron chi connectivity index (χ1n) is 21.1. The van der Waals surface area contributed by atoms with Crippen molar-refractivity contribution in [3.05, 3.63) is 88.5 Å². The first kappa shape index (κ1) is 46.4. The molecule has 2 fully saturated rings. The Balaban J connectivity index is 0.875. The van der Waals surface area contributed by atoms with Gasteiger partial charge in [-0.2, -0.15) is 4.98 Å². The summed E-state index contributed by atoms with van der Waals surface area (Å²) in [5.41, 5.74) is 0.179. The minimum atomic E-state index is -1.04. The number of aromatic hydroxyl groups is 1. The fourth-order valence-corrected chi connectivity index (χ4v) is 8.32. The maximum Gasteiger partial charge on any atom is 0.262 e. The summed E-state index contributed by atoms with van der Waals surface area (Å²) in [6.07, 6.45) is 2.38. The molecule has 342 valence electrons. The highest BCUT2D eigenvalue weighted by Crippen LogP contribution is 2.42. The Morgan fingerprint density at radius 2 is 1.72 bits per heavy atom. The number of nitrogens with zero attached hydrogens (tertiary/aromatic N) is 6. The number of aryl methyl sites for hydroxylation is 1. The average molecular weight is 917 g/mol. The van der Waals surface area contributed by atoms with Crippen LogP contribution in [0.15, 0.2) is 55.1 Å². The van der Waals surface area contributed by atoms with Gasteiger partial charge in [0.1, 0.15) is 28.9 Å². The number of aromatic nitrogens is 2. The molecule has 1 unspecified atom stereocenters. The van der Waals surface area contributed by atoms with Crippen LogP contribution in [0.4, 0.5) is 20.5 Å². The zero-order valence-corrected chi connectivity index (χ0v) is 36.3. The monoisotopic (exact) mass is 916 g/mol. The van der Waals surface area contributed by atoms with Crippen molar-refractivity contribution in [2.45, 2.75) is 38.1 Å². The van der Waals surface area contributed by atoms with Crippen molar-refractivity contribution in [3.8, 4) is 16.9 Å². The summed E-state index contributed by atoms with van der Waals surface area (Å²) < 4.78 is 42.8. The molecule has 0 bridgehead atoms. The van der Waals surface area contributed by atoms with E-state index < -0.39 is 52.6 Å². The normalized spacial score (nSPS) is 16.2. The Morgan fingerprint density at radius 1 is 0.985 bits per heavy atom. The molecule has 0 aliphatic carbocycles. The van der Waals surface area contributed by atoms with Gasteiger partial charge in [-0.05, 0) is 55.2 Å². The highest BCUT2D eigenvalue weighted by Gasteiger charge is 2.45. The second-order valence-corrected chi connectivity index (χ2v) is 16.0. The predicted octanol–water partition coefficient (Wildman–Crippen LogP) is 4.10. The van der Waals surface area contributed by atoms with Gasteiger partial charge in [-0.1, -0.05) is 36.4 Å². The molecule has 3 aliphatic rings. The van der Waals surface area contributed by atoms with Crippen LogP contribution in [0.5, 0.6) is 5.75 Å². The molecule has 3 N–H and O–H groups in total. The van der Waals surface area contributed by atoms with Gasteiger partial charge in [0.25, 0.3) is 11.8 Å². The molecule has 17 nitrogen and oxygen atoms in total. The number of benzene rings is 3. The van der Waals surface area contributed by atoms with Gasteiger partial charge in [-0.25, -0.2) is 13.8 Å². The number of carbonyl (C=O) groups excluding carboxylic acids is 6. The Kier molecular flexibility index (Phi) is 14.6. The minimum Gasteiger partial charge on any atom is -0.507 e. The van der Waals surface area contributed by atoms with E-state index in [-0.39, 0.29) is 103 Å². The third kappa shape index (κ3) is 10.1. The van der Waals surface area contributed by atoms with Gasteiger partial charge in [-0.15, -0.1) is 0 Å². The number of phenolic OH excluding ortho intramolecular Hbond substituents is 1. The van der Waals surface area contributed by atoms with Gasteiger partial charge in [0, 0.05) is 76.7 Å². The lowest BCUT2D eigenvalue weighted by Gasteiger charge is -2.35. The summed E-state index contributed by atoms with van der Waals surface area (Å²) in [5.74, 6) is -4.71.